The fraction of sp³-hybridized carbons (Fsp3) is 0.273. The number of anilines is 1. The van der Waals surface area contributed by atoms with Crippen molar-refractivity contribution in [1.29, 1.82) is 0 Å². The van der Waals surface area contributed by atoms with Crippen LogP contribution in [0.3, 0.4) is 0 Å². The van der Waals surface area contributed by atoms with Gasteiger partial charge in [0.2, 0.25) is 5.13 Å². The zero-order valence-electron chi connectivity index (χ0n) is 9.31. The van der Waals surface area contributed by atoms with Crippen LogP contribution < -0.4 is 5.32 Å². The van der Waals surface area contributed by atoms with E-state index < -0.39 is 0 Å². The second-order valence-corrected chi connectivity index (χ2v) is 6.30. The Hall–Kier alpha value is -0.590. The first-order chi connectivity index (χ1) is 8.28. The number of benzene rings is 1. The summed E-state index contributed by atoms with van der Waals surface area (Å²) in [6, 6.07) is 8.27. The summed E-state index contributed by atoms with van der Waals surface area (Å²) in [5.74, 6) is 0.861. The Morgan fingerprint density at radius 1 is 1.41 bits per heavy atom. The molecule has 17 heavy (non-hydrogen) atoms. The van der Waals surface area contributed by atoms with Crippen molar-refractivity contribution in [2.75, 3.05) is 11.9 Å². The van der Waals surface area contributed by atoms with Crippen molar-refractivity contribution in [2.24, 2.45) is 0 Å². The van der Waals surface area contributed by atoms with Crippen molar-refractivity contribution in [3.63, 3.8) is 0 Å². The SMILES string of the molecule is CCNc1nnc(CSc2cccc(Br)c2)s1. The van der Waals surface area contributed by atoms with E-state index in [4.69, 9.17) is 0 Å². The number of rotatable bonds is 5. The molecule has 0 saturated carbocycles. The summed E-state index contributed by atoms with van der Waals surface area (Å²) in [7, 11) is 0. The van der Waals surface area contributed by atoms with Crippen molar-refractivity contribution in [1.82, 2.24) is 10.2 Å². The van der Waals surface area contributed by atoms with Crippen molar-refractivity contribution in [3.05, 3.63) is 33.7 Å². The van der Waals surface area contributed by atoms with E-state index in [0.29, 0.717) is 0 Å². The molecule has 0 amide bonds. The molecule has 6 heteroatoms. The Morgan fingerprint density at radius 2 is 2.29 bits per heavy atom. The maximum atomic E-state index is 4.15. The number of halogens is 1. The van der Waals surface area contributed by atoms with Crippen LogP contribution in [0.25, 0.3) is 0 Å². The summed E-state index contributed by atoms with van der Waals surface area (Å²) < 4.78 is 1.10. The monoisotopic (exact) mass is 329 g/mol. The first-order valence-electron chi connectivity index (χ1n) is 5.22. The smallest absolute Gasteiger partial charge is 0.205 e. The van der Waals surface area contributed by atoms with Gasteiger partial charge in [-0.15, -0.1) is 22.0 Å². The molecule has 2 aromatic rings. The van der Waals surface area contributed by atoms with Gasteiger partial charge in [0.1, 0.15) is 5.01 Å². The summed E-state index contributed by atoms with van der Waals surface area (Å²) in [5.41, 5.74) is 0. The molecule has 0 aliphatic carbocycles. The molecular weight excluding hydrogens is 318 g/mol. The number of nitrogens with zero attached hydrogens (tertiary/aromatic N) is 2. The van der Waals surface area contributed by atoms with Crippen LogP contribution in [0, 0.1) is 0 Å². The molecule has 0 radical (unpaired) electrons. The fourth-order valence-electron chi connectivity index (χ4n) is 1.24. The third-order valence-electron chi connectivity index (χ3n) is 1.95. The van der Waals surface area contributed by atoms with Gasteiger partial charge in [0.05, 0.1) is 5.75 Å². The Morgan fingerprint density at radius 3 is 3.06 bits per heavy atom. The Bertz CT molecular complexity index is 487. The van der Waals surface area contributed by atoms with E-state index >= 15 is 0 Å². The first-order valence-corrected chi connectivity index (χ1v) is 7.82. The van der Waals surface area contributed by atoms with Gasteiger partial charge in [-0.2, -0.15) is 0 Å². The number of thioether (sulfide) groups is 1. The minimum Gasteiger partial charge on any atom is -0.360 e. The van der Waals surface area contributed by atoms with E-state index in [1.54, 1.807) is 23.1 Å². The molecule has 3 nitrogen and oxygen atoms in total. The second kappa shape index (κ2) is 6.37. The standard InChI is InChI=1S/C11H12BrN3S2/c1-2-13-11-15-14-10(17-11)7-16-9-5-3-4-8(12)6-9/h3-6H,2,7H2,1H3,(H,13,15). The van der Waals surface area contributed by atoms with Gasteiger partial charge in [0, 0.05) is 15.9 Å². The van der Waals surface area contributed by atoms with Crippen LogP contribution in [-0.2, 0) is 5.75 Å². The quantitative estimate of drug-likeness (QED) is 0.840. The lowest BCUT2D eigenvalue weighted by molar-refractivity contribution is 1.03. The third kappa shape index (κ3) is 3.97. The van der Waals surface area contributed by atoms with E-state index in [-0.39, 0.29) is 0 Å². The highest BCUT2D eigenvalue weighted by Crippen LogP contribution is 2.27. The van der Waals surface area contributed by atoms with Gasteiger partial charge in [0.15, 0.2) is 0 Å². The van der Waals surface area contributed by atoms with Crippen molar-refractivity contribution >= 4 is 44.2 Å². The highest BCUT2D eigenvalue weighted by atomic mass is 79.9. The predicted octanol–water partition coefficient (Wildman–Crippen LogP) is 4.02. The Labute approximate surface area is 117 Å². The van der Waals surface area contributed by atoms with Crippen LogP contribution in [0.15, 0.2) is 33.6 Å². The maximum Gasteiger partial charge on any atom is 0.205 e. The summed E-state index contributed by atoms with van der Waals surface area (Å²) in [6.07, 6.45) is 0. The summed E-state index contributed by atoms with van der Waals surface area (Å²) in [4.78, 5) is 1.24. The van der Waals surface area contributed by atoms with Gasteiger partial charge in [-0.25, -0.2) is 0 Å². The van der Waals surface area contributed by atoms with Crippen molar-refractivity contribution < 1.29 is 0 Å². The van der Waals surface area contributed by atoms with Crippen LogP contribution >= 0.6 is 39.0 Å². The average molecular weight is 330 g/mol. The van der Waals surface area contributed by atoms with Gasteiger partial charge in [-0.05, 0) is 25.1 Å². The van der Waals surface area contributed by atoms with E-state index in [1.165, 1.54) is 4.90 Å². The largest absolute Gasteiger partial charge is 0.360 e. The fourth-order valence-corrected chi connectivity index (χ4v) is 3.54. The van der Waals surface area contributed by atoms with Gasteiger partial charge < -0.3 is 5.32 Å². The second-order valence-electron chi connectivity index (χ2n) is 3.28. The molecule has 90 valence electrons. The molecular formula is C11H12BrN3S2. The van der Waals surface area contributed by atoms with Crippen LogP contribution in [0.5, 0.6) is 0 Å². The lowest BCUT2D eigenvalue weighted by Crippen LogP contribution is -1.94. The van der Waals surface area contributed by atoms with Crippen LogP contribution in [0.2, 0.25) is 0 Å². The van der Waals surface area contributed by atoms with Crippen molar-refractivity contribution in [3.8, 4) is 0 Å². The lowest BCUT2D eigenvalue weighted by Gasteiger charge is -1.98. The lowest BCUT2D eigenvalue weighted by atomic mass is 10.4. The molecule has 1 heterocycles. The van der Waals surface area contributed by atoms with E-state index in [1.807, 2.05) is 12.1 Å². The molecule has 0 atom stereocenters. The summed E-state index contributed by atoms with van der Waals surface area (Å²) in [6.45, 7) is 2.94. The van der Waals surface area contributed by atoms with E-state index in [2.05, 4.69) is 50.5 Å². The van der Waals surface area contributed by atoms with Gasteiger partial charge in [-0.1, -0.05) is 33.3 Å². The van der Waals surface area contributed by atoms with Crippen LogP contribution in [0.4, 0.5) is 5.13 Å². The molecule has 1 aromatic carbocycles. The summed E-state index contributed by atoms with van der Waals surface area (Å²) in [5, 5.41) is 13.3. The zero-order chi connectivity index (χ0) is 12.1. The molecule has 1 aromatic heterocycles. The molecule has 0 aliphatic heterocycles. The zero-order valence-corrected chi connectivity index (χ0v) is 12.5. The minimum absolute atomic E-state index is 0.861. The molecule has 0 unspecified atom stereocenters. The van der Waals surface area contributed by atoms with E-state index in [9.17, 15) is 0 Å². The van der Waals surface area contributed by atoms with Gasteiger partial charge in [-0.3, -0.25) is 0 Å². The Kier molecular flexibility index (Phi) is 4.82. The Balaban J connectivity index is 1.93. The number of hydrogen-bond acceptors (Lipinski definition) is 5. The molecule has 0 bridgehead atoms. The number of nitrogens with one attached hydrogen (secondary N) is 1. The topological polar surface area (TPSA) is 37.8 Å². The molecule has 0 spiro atoms. The molecule has 0 fully saturated rings. The highest BCUT2D eigenvalue weighted by molar-refractivity contribution is 9.10. The molecule has 0 aliphatic rings. The van der Waals surface area contributed by atoms with Crippen molar-refractivity contribution in [2.45, 2.75) is 17.6 Å². The van der Waals surface area contributed by atoms with Gasteiger partial charge >= 0.3 is 0 Å². The number of aromatic nitrogens is 2. The number of hydrogen-bond donors (Lipinski definition) is 1. The normalized spacial score (nSPS) is 10.5. The molecule has 0 saturated heterocycles. The average Bonchev–Trinajstić information content (AvgIpc) is 2.75. The first kappa shape index (κ1) is 12.9. The minimum atomic E-state index is 0.861. The summed E-state index contributed by atoms with van der Waals surface area (Å²) >= 11 is 6.85. The highest BCUT2D eigenvalue weighted by Gasteiger charge is 2.04. The van der Waals surface area contributed by atoms with Crippen LogP contribution in [0.1, 0.15) is 11.9 Å². The maximum absolute atomic E-state index is 4.15. The van der Waals surface area contributed by atoms with Crippen LogP contribution in [-0.4, -0.2) is 16.7 Å². The third-order valence-corrected chi connectivity index (χ3v) is 4.52. The van der Waals surface area contributed by atoms with Gasteiger partial charge in [0.25, 0.3) is 0 Å². The van der Waals surface area contributed by atoms with E-state index in [0.717, 1.165) is 26.9 Å². The molecule has 2 rings (SSSR count). The molecule has 1 N–H and O–H groups in total. The predicted molar refractivity (Wildman–Crippen MR) is 77.8 cm³/mol.